The number of nitrogens with one attached hydrogen (secondary N) is 1. The van der Waals surface area contributed by atoms with Crippen molar-refractivity contribution in [1.82, 2.24) is 5.32 Å². The quantitative estimate of drug-likeness (QED) is 0.773. The highest BCUT2D eigenvalue weighted by Gasteiger charge is 2.07. The fourth-order valence-corrected chi connectivity index (χ4v) is 3.45. The van der Waals surface area contributed by atoms with E-state index < -0.39 is 0 Å². The summed E-state index contributed by atoms with van der Waals surface area (Å²) in [6.45, 7) is 3.93. The molecule has 0 fully saturated rings. The Balaban J connectivity index is 2.27. The highest BCUT2D eigenvalue weighted by atomic mass is 79.9. The minimum Gasteiger partial charge on any atom is -0.313 e. The van der Waals surface area contributed by atoms with Gasteiger partial charge in [0.25, 0.3) is 0 Å². The number of rotatable bonds is 5. The van der Waals surface area contributed by atoms with E-state index in [0.717, 1.165) is 22.6 Å². The van der Waals surface area contributed by atoms with Gasteiger partial charge in [-0.25, -0.2) is 0 Å². The van der Waals surface area contributed by atoms with Crippen LogP contribution in [0, 0.1) is 0 Å². The van der Waals surface area contributed by atoms with Crippen LogP contribution < -0.4 is 5.32 Å². The molecular weight excluding hydrogens is 342 g/mol. The third-order valence-corrected chi connectivity index (χ3v) is 5.02. The molecule has 1 N–H and O–H groups in total. The van der Waals surface area contributed by atoms with Gasteiger partial charge in [0.1, 0.15) is 0 Å². The Kier molecular flexibility index (Phi) is 5.76. The van der Waals surface area contributed by atoms with E-state index in [1.165, 1.54) is 15.4 Å². The van der Waals surface area contributed by atoms with Gasteiger partial charge in [0, 0.05) is 25.8 Å². The summed E-state index contributed by atoms with van der Waals surface area (Å²) in [6.07, 6.45) is 0. The maximum Gasteiger partial charge on any atom is 0.0417 e. The molecule has 0 saturated carbocycles. The fourth-order valence-electron chi connectivity index (χ4n) is 1.68. The van der Waals surface area contributed by atoms with Crippen LogP contribution in [0.2, 0.25) is 5.02 Å². The van der Waals surface area contributed by atoms with Gasteiger partial charge in [-0.2, -0.15) is 0 Å². The summed E-state index contributed by atoms with van der Waals surface area (Å²) >= 11 is 11.4. The summed E-state index contributed by atoms with van der Waals surface area (Å²) in [5.41, 5.74) is 1.27. The van der Waals surface area contributed by atoms with Crippen molar-refractivity contribution in [2.24, 2.45) is 0 Å². The van der Waals surface area contributed by atoms with Gasteiger partial charge in [-0.05, 0) is 52.3 Å². The van der Waals surface area contributed by atoms with E-state index in [9.17, 15) is 0 Å². The number of hydrogen-bond donors (Lipinski definition) is 1. The van der Waals surface area contributed by atoms with Gasteiger partial charge in [-0.15, -0.1) is 0 Å². The molecule has 0 heterocycles. The van der Waals surface area contributed by atoms with Gasteiger partial charge in [-0.3, -0.25) is 0 Å². The summed E-state index contributed by atoms with van der Waals surface area (Å²) in [5.74, 6) is 0. The van der Waals surface area contributed by atoms with Crippen LogP contribution in [0.3, 0.4) is 0 Å². The van der Waals surface area contributed by atoms with E-state index in [0.29, 0.717) is 0 Å². The van der Waals surface area contributed by atoms with Crippen LogP contribution in [-0.4, -0.2) is 6.54 Å². The predicted octanol–water partition coefficient (Wildman–Crippen LogP) is 5.36. The Labute approximate surface area is 131 Å². The average molecular weight is 357 g/mol. The van der Waals surface area contributed by atoms with E-state index in [1.54, 1.807) is 11.8 Å². The van der Waals surface area contributed by atoms with Crippen LogP contribution in [0.25, 0.3) is 0 Å². The summed E-state index contributed by atoms with van der Waals surface area (Å²) in [4.78, 5) is 2.39. The lowest BCUT2D eigenvalue weighted by atomic mass is 10.2. The van der Waals surface area contributed by atoms with Crippen molar-refractivity contribution in [3.63, 3.8) is 0 Å². The van der Waals surface area contributed by atoms with Crippen molar-refractivity contribution in [2.45, 2.75) is 23.3 Å². The van der Waals surface area contributed by atoms with E-state index >= 15 is 0 Å². The van der Waals surface area contributed by atoms with Crippen molar-refractivity contribution in [1.29, 1.82) is 0 Å². The topological polar surface area (TPSA) is 12.0 Å². The van der Waals surface area contributed by atoms with Gasteiger partial charge in [0.15, 0.2) is 0 Å². The zero-order chi connectivity index (χ0) is 13.7. The maximum atomic E-state index is 6.11. The molecule has 0 amide bonds. The molecule has 0 aromatic heterocycles. The van der Waals surface area contributed by atoms with Crippen LogP contribution in [-0.2, 0) is 6.54 Å². The zero-order valence-electron chi connectivity index (χ0n) is 10.6. The second kappa shape index (κ2) is 7.34. The molecule has 2 rings (SSSR count). The molecule has 0 aliphatic heterocycles. The highest BCUT2D eigenvalue weighted by molar-refractivity contribution is 9.10. The second-order valence-corrected chi connectivity index (χ2v) is 6.44. The SMILES string of the molecule is CCNCc1ccc(Cl)cc1Sc1ccccc1Br. The molecule has 0 unspecified atom stereocenters. The molecule has 4 heteroatoms. The fraction of sp³-hybridized carbons (Fsp3) is 0.200. The first-order valence-corrected chi connectivity index (χ1v) is 8.11. The Morgan fingerprint density at radius 1 is 1.16 bits per heavy atom. The van der Waals surface area contributed by atoms with Gasteiger partial charge in [-0.1, -0.05) is 48.5 Å². The molecule has 0 saturated heterocycles. The molecule has 0 radical (unpaired) electrons. The Morgan fingerprint density at radius 3 is 2.68 bits per heavy atom. The third-order valence-electron chi connectivity index (χ3n) is 2.65. The van der Waals surface area contributed by atoms with E-state index in [1.807, 2.05) is 24.3 Å². The molecule has 1 nitrogen and oxygen atoms in total. The van der Waals surface area contributed by atoms with Gasteiger partial charge in [0.2, 0.25) is 0 Å². The molecule has 0 aliphatic rings. The monoisotopic (exact) mass is 355 g/mol. The Morgan fingerprint density at radius 2 is 1.95 bits per heavy atom. The Hall–Kier alpha value is -0.480. The predicted molar refractivity (Wildman–Crippen MR) is 87.1 cm³/mol. The van der Waals surface area contributed by atoms with Crippen LogP contribution in [0.1, 0.15) is 12.5 Å². The highest BCUT2D eigenvalue weighted by Crippen LogP contribution is 2.36. The van der Waals surface area contributed by atoms with Crippen LogP contribution in [0.4, 0.5) is 0 Å². The lowest BCUT2D eigenvalue weighted by Crippen LogP contribution is -2.12. The normalized spacial score (nSPS) is 10.7. The summed E-state index contributed by atoms with van der Waals surface area (Å²) < 4.78 is 1.11. The van der Waals surface area contributed by atoms with Crippen molar-refractivity contribution in [2.75, 3.05) is 6.54 Å². The minimum absolute atomic E-state index is 0.773. The smallest absolute Gasteiger partial charge is 0.0417 e. The number of hydrogen-bond acceptors (Lipinski definition) is 2. The first-order valence-electron chi connectivity index (χ1n) is 6.12. The molecule has 0 atom stereocenters. The summed E-state index contributed by atoms with van der Waals surface area (Å²) in [5, 5.41) is 4.13. The molecule has 100 valence electrons. The van der Waals surface area contributed by atoms with Crippen LogP contribution >= 0.6 is 39.3 Å². The second-order valence-electron chi connectivity index (χ2n) is 4.06. The molecule has 0 spiro atoms. The summed E-state index contributed by atoms with van der Waals surface area (Å²) in [7, 11) is 0. The summed E-state index contributed by atoms with van der Waals surface area (Å²) in [6, 6.07) is 14.3. The number of halogens is 2. The van der Waals surface area contributed by atoms with E-state index in [-0.39, 0.29) is 0 Å². The van der Waals surface area contributed by atoms with Crippen molar-refractivity contribution < 1.29 is 0 Å². The maximum absolute atomic E-state index is 6.11. The van der Waals surface area contributed by atoms with E-state index in [2.05, 4.69) is 46.4 Å². The molecule has 19 heavy (non-hydrogen) atoms. The van der Waals surface area contributed by atoms with Gasteiger partial charge < -0.3 is 5.32 Å². The van der Waals surface area contributed by atoms with Crippen LogP contribution in [0.5, 0.6) is 0 Å². The molecule has 0 bridgehead atoms. The lowest BCUT2D eigenvalue weighted by molar-refractivity contribution is 0.718. The minimum atomic E-state index is 0.773. The average Bonchev–Trinajstić information content (AvgIpc) is 2.40. The molecule has 0 aliphatic carbocycles. The van der Waals surface area contributed by atoms with Crippen molar-refractivity contribution >= 4 is 39.3 Å². The molecule has 2 aromatic rings. The van der Waals surface area contributed by atoms with Crippen molar-refractivity contribution in [3.8, 4) is 0 Å². The van der Waals surface area contributed by atoms with Gasteiger partial charge >= 0.3 is 0 Å². The van der Waals surface area contributed by atoms with Gasteiger partial charge in [0.05, 0.1) is 0 Å². The van der Waals surface area contributed by atoms with Crippen molar-refractivity contribution in [3.05, 3.63) is 57.5 Å². The van der Waals surface area contributed by atoms with E-state index in [4.69, 9.17) is 11.6 Å². The largest absolute Gasteiger partial charge is 0.313 e. The molecular formula is C15H15BrClNS. The first-order chi connectivity index (χ1) is 9.20. The lowest BCUT2D eigenvalue weighted by Gasteiger charge is -2.11. The Bertz CT molecular complexity index is 560. The third kappa shape index (κ3) is 4.25. The standard InChI is InChI=1S/C15H15BrClNS/c1-2-18-10-11-7-8-12(17)9-15(11)19-14-6-4-3-5-13(14)16/h3-9,18H,2,10H2,1H3. The number of benzene rings is 2. The zero-order valence-corrected chi connectivity index (χ0v) is 13.8. The first kappa shape index (κ1) is 14.9. The molecule has 2 aromatic carbocycles. The van der Waals surface area contributed by atoms with Crippen LogP contribution in [0.15, 0.2) is 56.7 Å².